The zero-order valence-corrected chi connectivity index (χ0v) is 18.9. The summed E-state index contributed by atoms with van der Waals surface area (Å²) in [6.45, 7) is 3.83. The molecule has 1 aromatic heterocycles. The van der Waals surface area contributed by atoms with Gasteiger partial charge in [0.05, 0.1) is 11.0 Å². The maximum absolute atomic E-state index is 6.37. The maximum Gasteiger partial charge on any atom is 0.113 e. The highest BCUT2D eigenvalue weighted by molar-refractivity contribution is 6.31. The molecular formula is C26H25Cl2N3. The van der Waals surface area contributed by atoms with Crippen LogP contribution in [0.1, 0.15) is 35.7 Å². The van der Waals surface area contributed by atoms with Crippen molar-refractivity contribution in [1.29, 1.82) is 0 Å². The molecule has 158 valence electrons. The van der Waals surface area contributed by atoms with Gasteiger partial charge in [-0.1, -0.05) is 65.7 Å². The molecule has 0 N–H and O–H groups in total. The highest BCUT2D eigenvalue weighted by Crippen LogP contribution is 2.32. The second-order valence-electron chi connectivity index (χ2n) is 8.31. The van der Waals surface area contributed by atoms with E-state index >= 15 is 0 Å². The smallest absolute Gasteiger partial charge is 0.113 e. The fourth-order valence-electron chi connectivity index (χ4n) is 4.56. The number of hydrogen-bond acceptors (Lipinski definition) is 2. The summed E-state index contributed by atoms with van der Waals surface area (Å²) in [5.74, 6) is 1.66. The van der Waals surface area contributed by atoms with Gasteiger partial charge in [-0.3, -0.25) is 4.90 Å². The van der Waals surface area contributed by atoms with Gasteiger partial charge in [-0.05, 0) is 67.4 Å². The lowest BCUT2D eigenvalue weighted by atomic mass is 9.95. The first-order chi connectivity index (χ1) is 15.2. The van der Waals surface area contributed by atoms with Gasteiger partial charge in [0, 0.05) is 29.1 Å². The molecule has 31 heavy (non-hydrogen) atoms. The highest BCUT2D eigenvalue weighted by Gasteiger charge is 2.26. The number of piperidine rings is 1. The fraction of sp³-hybridized carbons (Fsp3) is 0.269. The van der Waals surface area contributed by atoms with Crippen LogP contribution in [0.15, 0.2) is 72.8 Å². The molecule has 0 spiro atoms. The van der Waals surface area contributed by atoms with Crippen LogP contribution in [0.4, 0.5) is 0 Å². The van der Waals surface area contributed by atoms with Gasteiger partial charge in [0.2, 0.25) is 0 Å². The molecule has 3 nitrogen and oxygen atoms in total. The second kappa shape index (κ2) is 9.04. The summed E-state index contributed by atoms with van der Waals surface area (Å²) >= 11 is 12.5. The summed E-state index contributed by atoms with van der Waals surface area (Å²) in [6, 6.07) is 24.7. The highest BCUT2D eigenvalue weighted by atomic mass is 35.5. The number of benzene rings is 3. The van der Waals surface area contributed by atoms with E-state index in [-0.39, 0.29) is 0 Å². The number of nitrogens with zero attached hydrogens (tertiary/aromatic N) is 3. The zero-order chi connectivity index (χ0) is 21.2. The van der Waals surface area contributed by atoms with Crippen molar-refractivity contribution in [2.24, 2.45) is 0 Å². The van der Waals surface area contributed by atoms with Crippen LogP contribution in [0.5, 0.6) is 0 Å². The van der Waals surface area contributed by atoms with Gasteiger partial charge in [0.1, 0.15) is 5.82 Å². The van der Waals surface area contributed by atoms with Gasteiger partial charge in [-0.2, -0.15) is 0 Å². The Bertz CT molecular complexity index is 1170. The maximum atomic E-state index is 6.37. The molecule has 2 heterocycles. The van der Waals surface area contributed by atoms with Gasteiger partial charge >= 0.3 is 0 Å². The van der Waals surface area contributed by atoms with Gasteiger partial charge in [-0.15, -0.1) is 0 Å². The van der Waals surface area contributed by atoms with Crippen LogP contribution in [-0.4, -0.2) is 27.5 Å². The van der Waals surface area contributed by atoms with Crippen LogP contribution in [-0.2, 0) is 13.1 Å². The Morgan fingerprint density at radius 3 is 2.29 bits per heavy atom. The van der Waals surface area contributed by atoms with E-state index in [0.717, 1.165) is 54.6 Å². The molecule has 5 heteroatoms. The molecule has 3 aromatic carbocycles. The Morgan fingerprint density at radius 1 is 0.806 bits per heavy atom. The Morgan fingerprint density at radius 2 is 1.52 bits per heavy atom. The first kappa shape index (κ1) is 20.6. The van der Waals surface area contributed by atoms with Crippen LogP contribution >= 0.6 is 23.2 Å². The van der Waals surface area contributed by atoms with E-state index < -0.39 is 0 Å². The molecule has 0 radical (unpaired) electrons. The summed E-state index contributed by atoms with van der Waals surface area (Å²) in [5.41, 5.74) is 4.72. The molecule has 0 amide bonds. The number of hydrogen-bond donors (Lipinski definition) is 0. The SMILES string of the molecule is Clc1ccc(Cn2c(C3CCN(Cc4ccccc4Cl)CC3)nc3ccccc32)cc1. The van der Waals surface area contributed by atoms with Crippen molar-refractivity contribution in [3.63, 3.8) is 0 Å². The minimum atomic E-state index is 0.460. The third-order valence-corrected chi connectivity index (χ3v) is 6.86. The normalized spacial score (nSPS) is 15.5. The van der Waals surface area contributed by atoms with Gasteiger partial charge in [0.15, 0.2) is 0 Å². The van der Waals surface area contributed by atoms with Crippen molar-refractivity contribution < 1.29 is 0 Å². The molecule has 0 atom stereocenters. The Balaban J connectivity index is 1.36. The lowest BCUT2D eigenvalue weighted by molar-refractivity contribution is 0.200. The molecule has 0 saturated carbocycles. The number of fused-ring (bicyclic) bond motifs is 1. The number of para-hydroxylation sites is 2. The van der Waals surface area contributed by atoms with E-state index in [1.807, 2.05) is 24.3 Å². The van der Waals surface area contributed by atoms with Crippen LogP contribution in [0.3, 0.4) is 0 Å². The molecule has 1 aliphatic heterocycles. The largest absolute Gasteiger partial charge is 0.323 e. The average molecular weight is 450 g/mol. The summed E-state index contributed by atoms with van der Waals surface area (Å²) in [5, 5.41) is 1.62. The minimum absolute atomic E-state index is 0.460. The number of rotatable bonds is 5. The van der Waals surface area contributed by atoms with Crippen molar-refractivity contribution in [2.75, 3.05) is 13.1 Å². The average Bonchev–Trinajstić information content (AvgIpc) is 3.16. The van der Waals surface area contributed by atoms with Crippen LogP contribution in [0.2, 0.25) is 10.0 Å². The molecule has 0 unspecified atom stereocenters. The van der Waals surface area contributed by atoms with E-state index in [2.05, 4.69) is 58.0 Å². The van der Waals surface area contributed by atoms with Crippen LogP contribution in [0.25, 0.3) is 11.0 Å². The monoisotopic (exact) mass is 449 g/mol. The van der Waals surface area contributed by atoms with Crippen molar-refractivity contribution in [1.82, 2.24) is 14.5 Å². The van der Waals surface area contributed by atoms with E-state index in [0.29, 0.717) is 5.92 Å². The summed E-state index contributed by atoms with van der Waals surface area (Å²) in [4.78, 5) is 7.57. The quantitative estimate of drug-likeness (QED) is 0.335. The molecular weight excluding hydrogens is 425 g/mol. The summed E-state index contributed by atoms with van der Waals surface area (Å²) < 4.78 is 2.40. The first-order valence-electron chi connectivity index (χ1n) is 10.8. The van der Waals surface area contributed by atoms with Crippen molar-refractivity contribution in [3.8, 4) is 0 Å². The Kier molecular flexibility index (Phi) is 5.99. The van der Waals surface area contributed by atoms with E-state index in [9.17, 15) is 0 Å². The number of likely N-dealkylation sites (tertiary alicyclic amines) is 1. The Hall–Kier alpha value is -2.33. The van der Waals surface area contributed by atoms with Crippen molar-refractivity contribution >= 4 is 34.2 Å². The predicted molar refractivity (Wildman–Crippen MR) is 129 cm³/mol. The second-order valence-corrected chi connectivity index (χ2v) is 9.16. The van der Waals surface area contributed by atoms with Crippen molar-refractivity contribution in [3.05, 3.63) is 99.8 Å². The van der Waals surface area contributed by atoms with E-state index in [1.54, 1.807) is 0 Å². The Labute approximate surface area is 193 Å². The van der Waals surface area contributed by atoms with Gasteiger partial charge < -0.3 is 4.57 Å². The zero-order valence-electron chi connectivity index (χ0n) is 17.3. The number of imidazole rings is 1. The minimum Gasteiger partial charge on any atom is -0.323 e. The predicted octanol–water partition coefficient (Wildman–Crippen LogP) is 6.77. The number of halogens is 2. The molecule has 1 saturated heterocycles. The van der Waals surface area contributed by atoms with Gasteiger partial charge in [0.25, 0.3) is 0 Å². The van der Waals surface area contributed by atoms with E-state index in [4.69, 9.17) is 28.2 Å². The fourth-order valence-corrected chi connectivity index (χ4v) is 4.88. The third kappa shape index (κ3) is 4.50. The third-order valence-electron chi connectivity index (χ3n) is 6.24. The molecule has 1 aliphatic rings. The standard InChI is InChI=1S/C26H25Cl2N3/c27-22-11-9-19(10-12-22)17-31-25-8-4-3-7-24(25)29-26(31)20-13-15-30(16-14-20)18-21-5-1-2-6-23(21)28/h1-12,20H,13-18H2. The topological polar surface area (TPSA) is 21.1 Å². The lowest BCUT2D eigenvalue weighted by Crippen LogP contribution is -2.33. The summed E-state index contributed by atoms with van der Waals surface area (Å²) in [6.07, 6.45) is 2.21. The van der Waals surface area contributed by atoms with E-state index in [1.165, 1.54) is 22.5 Å². The number of aromatic nitrogens is 2. The molecule has 1 fully saturated rings. The lowest BCUT2D eigenvalue weighted by Gasteiger charge is -2.32. The van der Waals surface area contributed by atoms with Crippen LogP contribution < -0.4 is 0 Å². The molecule has 5 rings (SSSR count). The molecule has 4 aromatic rings. The molecule has 0 bridgehead atoms. The molecule has 0 aliphatic carbocycles. The van der Waals surface area contributed by atoms with Crippen LogP contribution in [0, 0.1) is 0 Å². The van der Waals surface area contributed by atoms with Crippen molar-refractivity contribution in [2.45, 2.75) is 31.8 Å². The van der Waals surface area contributed by atoms with Gasteiger partial charge in [-0.25, -0.2) is 4.98 Å². The summed E-state index contributed by atoms with van der Waals surface area (Å²) in [7, 11) is 0. The first-order valence-corrected chi connectivity index (χ1v) is 11.6.